The van der Waals surface area contributed by atoms with Crippen molar-refractivity contribution in [2.75, 3.05) is 0 Å². The molecule has 0 aliphatic carbocycles. The van der Waals surface area contributed by atoms with E-state index in [9.17, 15) is 4.79 Å². The van der Waals surface area contributed by atoms with Gasteiger partial charge < -0.3 is 0 Å². The summed E-state index contributed by atoms with van der Waals surface area (Å²) in [6.07, 6.45) is 1.27. The molecule has 0 aromatic carbocycles. The van der Waals surface area contributed by atoms with Crippen LogP contribution < -0.4 is 5.43 Å². The minimum Gasteiger partial charge on any atom is -0.273 e. The van der Waals surface area contributed by atoms with Crippen LogP contribution in [0.2, 0.25) is 0 Å². The standard InChI is InChI=1S/C8H7BrN2OS/c9-7-3-2-6(13-7)5-1-4-8(12)11-10-5/h2-3H,1,4H2,(H,11,12). The molecule has 2 rings (SSSR count). The van der Waals surface area contributed by atoms with E-state index < -0.39 is 0 Å². The van der Waals surface area contributed by atoms with E-state index in [0.717, 1.165) is 20.8 Å². The minimum absolute atomic E-state index is 0.000582. The number of amides is 1. The summed E-state index contributed by atoms with van der Waals surface area (Å²) in [6, 6.07) is 3.99. The molecular formula is C8H7BrN2OS. The van der Waals surface area contributed by atoms with Crippen molar-refractivity contribution in [3.05, 3.63) is 20.8 Å². The monoisotopic (exact) mass is 258 g/mol. The van der Waals surface area contributed by atoms with Crippen molar-refractivity contribution in [3.8, 4) is 0 Å². The molecule has 0 radical (unpaired) electrons. The Hall–Kier alpha value is -0.680. The van der Waals surface area contributed by atoms with E-state index in [0.29, 0.717) is 6.42 Å². The Morgan fingerprint density at radius 1 is 1.46 bits per heavy atom. The lowest BCUT2D eigenvalue weighted by Gasteiger charge is -2.09. The van der Waals surface area contributed by atoms with Gasteiger partial charge in [0.05, 0.1) is 14.4 Å². The number of nitrogens with one attached hydrogen (secondary N) is 1. The number of thiophene rings is 1. The first-order chi connectivity index (χ1) is 6.25. The molecule has 0 fully saturated rings. The number of hydrogen-bond donors (Lipinski definition) is 1. The van der Waals surface area contributed by atoms with E-state index in [1.165, 1.54) is 0 Å². The molecule has 0 atom stereocenters. The molecule has 68 valence electrons. The quantitative estimate of drug-likeness (QED) is 0.824. The molecule has 0 bridgehead atoms. The van der Waals surface area contributed by atoms with Crippen molar-refractivity contribution in [1.29, 1.82) is 0 Å². The molecule has 1 N–H and O–H groups in total. The van der Waals surface area contributed by atoms with Gasteiger partial charge in [-0.05, 0) is 28.1 Å². The Morgan fingerprint density at radius 3 is 2.85 bits per heavy atom. The van der Waals surface area contributed by atoms with Crippen molar-refractivity contribution >= 4 is 38.9 Å². The van der Waals surface area contributed by atoms with E-state index in [-0.39, 0.29) is 5.91 Å². The van der Waals surface area contributed by atoms with Gasteiger partial charge in [-0.15, -0.1) is 11.3 Å². The third-order valence-electron chi connectivity index (χ3n) is 1.76. The van der Waals surface area contributed by atoms with Crippen molar-refractivity contribution < 1.29 is 4.79 Å². The minimum atomic E-state index is -0.000582. The molecule has 1 aromatic heterocycles. The van der Waals surface area contributed by atoms with Gasteiger partial charge in [-0.3, -0.25) is 4.79 Å². The molecule has 5 heteroatoms. The molecule has 13 heavy (non-hydrogen) atoms. The zero-order valence-electron chi connectivity index (χ0n) is 6.71. The lowest BCUT2D eigenvalue weighted by atomic mass is 10.1. The topological polar surface area (TPSA) is 41.5 Å². The van der Waals surface area contributed by atoms with Crippen LogP contribution >= 0.6 is 27.3 Å². The molecular weight excluding hydrogens is 252 g/mol. The maximum absolute atomic E-state index is 10.8. The number of hydrazone groups is 1. The largest absolute Gasteiger partial charge is 0.273 e. The Balaban J connectivity index is 2.22. The van der Waals surface area contributed by atoms with Crippen LogP contribution in [0.25, 0.3) is 0 Å². The number of nitrogens with zero attached hydrogens (tertiary/aromatic N) is 1. The zero-order valence-corrected chi connectivity index (χ0v) is 9.11. The second kappa shape index (κ2) is 3.59. The molecule has 3 nitrogen and oxygen atoms in total. The number of halogens is 1. The summed E-state index contributed by atoms with van der Waals surface area (Å²) in [4.78, 5) is 11.9. The fourth-order valence-electron chi connectivity index (χ4n) is 1.12. The van der Waals surface area contributed by atoms with Gasteiger partial charge in [0.1, 0.15) is 0 Å². The van der Waals surface area contributed by atoms with Gasteiger partial charge in [-0.2, -0.15) is 5.10 Å². The van der Waals surface area contributed by atoms with Crippen LogP contribution in [-0.4, -0.2) is 11.6 Å². The average molecular weight is 259 g/mol. The van der Waals surface area contributed by atoms with Gasteiger partial charge in [-0.1, -0.05) is 0 Å². The summed E-state index contributed by atoms with van der Waals surface area (Å²) in [6.45, 7) is 0. The van der Waals surface area contributed by atoms with Gasteiger partial charge in [0, 0.05) is 12.8 Å². The number of carbonyl (C=O) groups is 1. The first-order valence-corrected chi connectivity index (χ1v) is 5.48. The Morgan fingerprint density at radius 2 is 2.31 bits per heavy atom. The van der Waals surface area contributed by atoms with E-state index in [1.807, 2.05) is 12.1 Å². The third-order valence-corrected chi connectivity index (χ3v) is 3.43. The van der Waals surface area contributed by atoms with Crippen LogP contribution in [0, 0.1) is 0 Å². The predicted octanol–water partition coefficient (Wildman–Crippen LogP) is 2.12. The first kappa shape index (κ1) is 8.90. The number of rotatable bonds is 1. The highest BCUT2D eigenvalue weighted by Gasteiger charge is 2.14. The van der Waals surface area contributed by atoms with Gasteiger partial charge >= 0.3 is 0 Å². The molecule has 0 unspecified atom stereocenters. The van der Waals surface area contributed by atoms with Crippen LogP contribution in [0.3, 0.4) is 0 Å². The molecule has 1 amide bonds. The molecule has 1 aliphatic heterocycles. The van der Waals surface area contributed by atoms with E-state index in [4.69, 9.17) is 0 Å². The van der Waals surface area contributed by atoms with E-state index >= 15 is 0 Å². The second-order valence-corrected chi connectivity index (χ2v) is 5.16. The summed E-state index contributed by atoms with van der Waals surface area (Å²) in [7, 11) is 0. The summed E-state index contributed by atoms with van der Waals surface area (Å²) in [5.41, 5.74) is 3.45. The van der Waals surface area contributed by atoms with E-state index in [1.54, 1.807) is 11.3 Å². The Bertz CT molecular complexity index is 372. The highest BCUT2D eigenvalue weighted by molar-refractivity contribution is 9.11. The normalized spacial score (nSPS) is 16.7. The number of hydrogen-bond acceptors (Lipinski definition) is 3. The summed E-state index contributed by atoms with van der Waals surface area (Å²) >= 11 is 5.02. The molecule has 1 aromatic rings. The fraction of sp³-hybridized carbons (Fsp3) is 0.250. The van der Waals surface area contributed by atoms with Gasteiger partial charge in [-0.25, -0.2) is 5.43 Å². The molecule has 1 aliphatic rings. The van der Waals surface area contributed by atoms with Crippen LogP contribution in [0.4, 0.5) is 0 Å². The smallest absolute Gasteiger partial charge is 0.240 e. The van der Waals surface area contributed by atoms with Crippen LogP contribution in [-0.2, 0) is 4.79 Å². The van der Waals surface area contributed by atoms with Crippen LogP contribution in [0.15, 0.2) is 21.0 Å². The van der Waals surface area contributed by atoms with Gasteiger partial charge in [0.2, 0.25) is 5.91 Å². The summed E-state index contributed by atoms with van der Waals surface area (Å²) < 4.78 is 1.09. The first-order valence-electron chi connectivity index (χ1n) is 3.87. The highest BCUT2D eigenvalue weighted by Crippen LogP contribution is 2.24. The Labute approximate surface area is 88.0 Å². The second-order valence-electron chi connectivity index (χ2n) is 2.70. The summed E-state index contributed by atoms with van der Waals surface area (Å²) in [5, 5.41) is 4.00. The van der Waals surface area contributed by atoms with Crippen LogP contribution in [0.1, 0.15) is 17.7 Å². The fourth-order valence-corrected chi connectivity index (χ4v) is 2.52. The molecule has 0 saturated carbocycles. The van der Waals surface area contributed by atoms with Crippen molar-refractivity contribution in [1.82, 2.24) is 5.43 Å². The van der Waals surface area contributed by atoms with Crippen molar-refractivity contribution in [3.63, 3.8) is 0 Å². The maximum atomic E-state index is 10.8. The van der Waals surface area contributed by atoms with E-state index in [2.05, 4.69) is 26.5 Å². The third kappa shape index (κ3) is 1.97. The van der Waals surface area contributed by atoms with Crippen molar-refractivity contribution in [2.24, 2.45) is 5.10 Å². The molecule has 2 heterocycles. The SMILES string of the molecule is O=C1CCC(c2ccc(Br)s2)=NN1. The maximum Gasteiger partial charge on any atom is 0.240 e. The molecule has 0 saturated heterocycles. The number of carbonyl (C=O) groups excluding carboxylic acids is 1. The van der Waals surface area contributed by atoms with Gasteiger partial charge in [0.25, 0.3) is 0 Å². The van der Waals surface area contributed by atoms with Crippen molar-refractivity contribution in [2.45, 2.75) is 12.8 Å². The lowest BCUT2D eigenvalue weighted by molar-refractivity contribution is -0.121. The van der Waals surface area contributed by atoms with Crippen LogP contribution in [0.5, 0.6) is 0 Å². The highest BCUT2D eigenvalue weighted by atomic mass is 79.9. The lowest BCUT2D eigenvalue weighted by Crippen LogP contribution is -2.25. The predicted molar refractivity (Wildman–Crippen MR) is 55.9 cm³/mol. The van der Waals surface area contributed by atoms with Gasteiger partial charge in [0.15, 0.2) is 0 Å². The zero-order chi connectivity index (χ0) is 9.26. The summed E-state index contributed by atoms with van der Waals surface area (Å²) in [5.74, 6) is -0.000582. The Kier molecular flexibility index (Phi) is 2.46. The average Bonchev–Trinajstić information content (AvgIpc) is 2.53. The molecule has 0 spiro atoms.